The maximum absolute atomic E-state index is 13.4. The monoisotopic (exact) mass is 417 g/mol. The number of nitrogens with one attached hydrogen (secondary N) is 1. The van der Waals surface area contributed by atoms with E-state index in [0.717, 1.165) is 27.6 Å². The number of carbonyl (C=O) groups excluding carboxylic acids is 2. The number of hydrogen-bond acceptors (Lipinski definition) is 3. The molecule has 1 fully saturated rings. The second-order valence-electron chi connectivity index (χ2n) is 7.85. The Balaban J connectivity index is 1.85. The van der Waals surface area contributed by atoms with Crippen molar-refractivity contribution in [1.82, 2.24) is 9.88 Å². The number of aromatic nitrogens is 1. The smallest absolute Gasteiger partial charge is 0.270 e. The van der Waals surface area contributed by atoms with Gasteiger partial charge in [0.25, 0.3) is 11.8 Å². The van der Waals surface area contributed by atoms with Crippen LogP contribution in [0.5, 0.6) is 0 Å². The summed E-state index contributed by atoms with van der Waals surface area (Å²) in [4.78, 5) is 27.5. The molecule has 2 amide bonds. The molecule has 4 rings (SSSR count). The standard InChI is InChI=1S/C24H23N3O2S/c1-14(2)26-13-17(18-7-5-6-8-20(18)26)12-19-22(28)25-24(30)27(23(19)29)21-11-15(3)9-10-16(21)4/h5-14H,1-4H3,(H,25,28,30)/b19-12+. The fourth-order valence-electron chi connectivity index (χ4n) is 3.77. The van der Waals surface area contributed by atoms with E-state index in [-0.39, 0.29) is 16.7 Å². The first-order valence-corrected chi connectivity index (χ1v) is 10.3. The zero-order valence-electron chi connectivity index (χ0n) is 17.4. The summed E-state index contributed by atoms with van der Waals surface area (Å²) in [6.45, 7) is 8.07. The van der Waals surface area contributed by atoms with Crippen molar-refractivity contribution in [2.24, 2.45) is 0 Å². The number of benzene rings is 2. The van der Waals surface area contributed by atoms with Gasteiger partial charge < -0.3 is 4.57 Å². The zero-order valence-corrected chi connectivity index (χ0v) is 18.2. The highest BCUT2D eigenvalue weighted by molar-refractivity contribution is 7.80. The van der Waals surface area contributed by atoms with E-state index in [1.165, 1.54) is 4.90 Å². The van der Waals surface area contributed by atoms with Crippen LogP contribution in [0, 0.1) is 13.8 Å². The van der Waals surface area contributed by atoms with Crippen molar-refractivity contribution < 1.29 is 9.59 Å². The predicted molar refractivity (Wildman–Crippen MR) is 124 cm³/mol. The summed E-state index contributed by atoms with van der Waals surface area (Å²) in [6.07, 6.45) is 3.65. The quantitative estimate of drug-likeness (QED) is 0.383. The van der Waals surface area contributed by atoms with Gasteiger partial charge in [-0.15, -0.1) is 0 Å². The van der Waals surface area contributed by atoms with Gasteiger partial charge in [0.05, 0.1) is 5.69 Å². The van der Waals surface area contributed by atoms with Gasteiger partial charge in [-0.2, -0.15) is 0 Å². The van der Waals surface area contributed by atoms with E-state index >= 15 is 0 Å². The van der Waals surface area contributed by atoms with E-state index in [1.807, 2.05) is 62.5 Å². The van der Waals surface area contributed by atoms with Crippen molar-refractivity contribution in [2.75, 3.05) is 4.90 Å². The minimum absolute atomic E-state index is 0.0659. The molecule has 0 unspecified atom stereocenters. The van der Waals surface area contributed by atoms with Crippen molar-refractivity contribution in [3.8, 4) is 0 Å². The van der Waals surface area contributed by atoms with Gasteiger partial charge in [-0.1, -0.05) is 30.3 Å². The molecule has 1 aliphatic heterocycles. The Labute approximate surface area is 181 Å². The number of para-hydroxylation sites is 1. The summed E-state index contributed by atoms with van der Waals surface area (Å²) in [7, 11) is 0. The van der Waals surface area contributed by atoms with Crippen LogP contribution in [-0.4, -0.2) is 21.5 Å². The molecule has 2 aromatic carbocycles. The summed E-state index contributed by atoms with van der Waals surface area (Å²) < 4.78 is 2.14. The maximum Gasteiger partial charge on any atom is 0.270 e. The average Bonchev–Trinajstić information content (AvgIpc) is 3.06. The van der Waals surface area contributed by atoms with Gasteiger partial charge in [-0.05, 0) is 69.2 Å². The van der Waals surface area contributed by atoms with Crippen molar-refractivity contribution in [3.63, 3.8) is 0 Å². The Morgan fingerprint density at radius 3 is 2.53 bits per heavy atom. The molecule has 0 aliphatic carbocycles. The van der Waals surface area contributed by atoms with Gasteiger partial charge in [0.1, 0.15) is 5.57 Å². The number of aryl methyl sites for hydroxylation is 2. The second kappa shape index (κ2) is 7.54. The van der Waals surface area contributed by atoms with Gasteiger partial charge in [0, 0.05) is 28.7 Å². The SMILES string of the molecule is Cc1ccc(C)c(N2C(=O)/C(=C/c3cn(C(C)C)c4ccccc34)C(=O)NC2=S)c1. The zero-order chi connectivity index (χ0) is 21.6. The molecule has 1 aromatic heterocycles. The Bertz CT molecular complexity index is 1240. The molecule has 2 heterocycles. The Morgan fingerprint density at radius 1 is 1.07 bits per heavy atom. The van der Waals surface area contributed by atoms with Crippen LogP contribution in [0.1, 0.15) is 36.6 Å². The first-order valence-electron chi connectivity index (χ1n) is 9.86. The summed E-state index contributed by atoms with van der Waals surface area (Å²) >= 11 is 5.34. The molecular formula is C24H23N3O2S. The van der Waals surface area contributed by atoms with E-state index in [0.29, 0.717) is 5.69 Å². The van der Waals surface area contributed by atoms with E-state index in [9.17, 15) is 9.59 Å². The van der Waals surface area contributed by atoms with Gasteiger partial charge in [0.2, 0.25) is 0 Å². The molecule has 0 radical (unpaired) electrons. The Hall–Kier alpha value is -3.25. The number of thiocarbonyl (C=S) groups is 1. The fraction of sp³-hybridized carbons (Fsp3) is 0.208. The lowest BCUT2D eigenvalue weighted by molar-refractivity contribution is -0.122. The van der Waals surface area contributed by atoms with Crippen LogP contribution in [0.4, 0.5) is 5.69 Å². The summed E-state index contributed by atoms with van der Waals surface area (Å²) in [5.41, 5.74) is 4.55. The van der Waals surface area contributed by atoms with Gasteiger partial charge in [-0.3, -0.25) is 19.8 Å². The molecule has 0 atom stereocenters. The minimum atomic E-state index is -0.479. The number of rotatable bonds is 3. The number of anilines is 1. The molecule has 1 N–H and O–H groups in total. The largest absolute Gasteiger partial charge is 0.344 e. The number of carbonyl (C=O) groups is 2. The molecule has 1 aliphatic rings. The third kappa shape index (κ3) is 3.33. The van der Waals surface area contributed by atoms with E-state index in [1.54, 1.807) is 6.08 Å². The molecule has 6 heteroatoms. The lowest BCUT2D eigenvalue weighted by Crippen LogP contribution is -2.54. The molecule has 152 valence electrons. The normalized spacial score (nSPS) is 16.1. The number of hydrogen-bond donors (Lipinski definition) is 1. The van der Waals surface area contributed by atoms with E-state index < -0.39 is 11.8 Å². The van der Waals surface area contributed by atoms with Crippen LogP contribution in [-0.2, 0) is 9.59 Å². The molecular weight excluding hydrogens is 394 g/mol. The van der Waals surface area contributed by atoms with Crippen LogP contribution >= 0.6 is 12.2 Å². The minimum Gasteiger partial charge on any atom is -0.344 e. The molecule has 5 nitrogen and oxygen atoms in total. The molecule has 30 heavy (non-hydrogen) atoms. The van der Waals surface area contributed by atoms with Gasteiger partial charge >= 0.3 is 0 Å². The lowest BCUT2D eigenvalue weighted by atomic mass is 10.0. The van der Waals surface area contributed by atoms with Crippen molar-refractivity contribution in [1.29, 1.82) is 0 Å². The molecule has 0 bridgehead atoms. The summed E-state index contributed by atoms with van der Waals surface area (Å²) in [6, 6.07) is 14.0. The third-order valence-electron chi connectivity index (χ3n) is 5.33. The van der Waals surface area contributed by atoms with Crippen LogP contribution in [0.25, 0.3) is 17.0 Å². The van der Waals surface area contributed by atoms with Gasteiger partial charge in [0.15, 0.2) is 5.11 Å². The highest BCUT2D eigenvalue weighted by Gasteiger charge is 2.35. The summed E-state index contributed by atoms with van der Waals surface area (Å²) in [5.74, 6) is -0.897. The summed E-state index contributed by atoms with van der Waals surface area (Å²) in [5, 5.41) is 3.76. The molecule has 0 spiro atoms. The topological polar surface area (TPSA) is 54.3 Å². The van der Waals surface area contributed by atoms with Crippen molar-refractivity contribution >= 4 is 51.8 Å². The second-order valence-corrected chi connectivity index (χ2v) is 8.24. The predicted octanol–water partition coefficient (Wildman–Crippen LogP) is 4.67. The first-order chi connectivity index (χ1) is 14.3. The first kappa shape index (κ1) is 20.0. The molecule has 0 saturated carbocycles. The highest BCUT2D eigenvalue weighted by atomic mass is 32.1. The number of fused-ring (bicyclic) bond motifs is 1. The van der Waals surface area contributed by atoms with Crippen molar-refractivity contribution in [2.45, 2.75) is 33.7 Å². The molecule has 3 aromatic rings. The Morgan fingerprint density at radius 2 is 1.80 bits per heavy atom. The number of nitrogens with zero attached hydrogens (tertiary/aromatic N) is 2. The van der Waals surface area contributed by atoms with Crippen molar-refractivity contribution in [3.05, 3.63) is 70.9 Å². The fourth-order valence-corrected chi connectivity index (χ4v) is 4.04. The highest BCUT2D eigenvalue weighted by Crippen LogP contribution is 2.29. The van der Waals surface area contributed by atoms with E-state index in [2.05, 4.69) is 23.7 Å². The van der Waals surface area contributed by atoms with Crippen LogP contribution in [0.3, 0.4) is 0 Å². The van der Waals surface area contributed by atoms with Crippen LogP contribution in [0.2, 0.25) is 0 Å². The van der Waals surface area contributed by atoms with E-state index in [4.69, 9.17) is 12.2 Å². The maximum atomic E-state index is 13.4. The average molecular weight is 418 g/mol. The Kier molecular flexibility index (Phi) is 5.03. The molecule has 1 saturated heterocycles. The van der Waals surface area contributed by atoms with Crippen LogP contribution < -0.4 is 10.2 Å². The third-order valence-corrected chi connectivity index (χ3v) is 5.62. The van der Waals surface area contributed by atoms with Crippen LogP contribution in [0.15, 0.2) is 54.2 Å². The lowest BCUT2D eigenvalue weighted by Gasteiger charge is -2.30. The number of amides is 2. The van der Waals surface area contributed by atoms with Gasteiger partial charge in [-0.25, -0.2) is 0 Å².